The topological polar surface area (TPSA) is 139 Å². The summed E-state index contributed by atoms with van der Waals surface area (Å²) < 4.78 is 103. The van der Waals surface area contributed by atoms with Crippen LogP contribution < -0.4 is 25.8 Å². The Morgan fingerprint density at radius 3 is 2.67 bits per heavy atom. The zero-order valence-corrected chi connectivity index (χ0v) is 27.8. The number of hydrogen-bond acceptors (Lipinski definition) is 11. The van der Waals surface area contributed by atoms with Crippen LogP contribution in [0.25, 0.3) is 32.1 Å². The number of halogens is 6. The molecule has 0 amide bonds. The third-order valence-electron chi connectivity index (χ3n) is 9.26. The Morgan fingerprint density at radius 2 is 1.98 bits per heavy atom. The molecule has 264 valence electrons. The highest BCUT2D eigenvalue weighted by atomic mass is 32.1. The molecule has 4 N–H and O–H groups in total. The molecule has 5 heterocycles. The molecular weight excluding hydrogens is 698 g/mol. The van der Waals surface area contributed by atoms with Crippen LogP contribution in [0.15, 0.2) is 42.4 Å². The first-order valence-corrected chi connectivity index (χ1v) is 16.4. The first-order valence-electron chi connectivity index (χ1n) is 15.6. The van der Waals surface area contributed by atoms with Crippen molar-refractivity contribution in [2.24, 2.45) is 0 Å². The lowest BCUT2D eigenvalue weighted by Crippen LogP contribution is -2.32. The van der Waals surface area contributed by atoms with Gasteiger partial charge in [0.25, 0.3) is 0 Å². The van der Waals surface area contributed by atoms with Crippen LogP contribution in [0.5, 0.6) is 11.8 Å². The van der Waals surface area contributed by atoms with Crippen LogP contribution in [0.3, 0.4) is 0 Å². The second kappa shape index (κ2) is 12.8. The number of aromatic nitrogens is 3. The van der Waals surface area contributed by atoms with E-state index in [1.54, 1.807) is 31.0 Å². The molecule has 7 rings (SSSR count). The zero-order chi connectivity index (χ0) is 36.4. The average Bonchev–Trinajstić information content (AvgIpc) is 3.57. The van der Waals surface area contributed by atoms with Gasteiger partial charge in [0, 0.05) is 35.3 Å². The van der Waals surface area contributed by atoms with Gasteiger partial charge in [0.1, 0.15) is 58.6 Å². The number of rotatable bonds is 6. The Bertz CT molecular complexity index is 2290. The van der Waals surface area contributed by atoms with Crippen LogP contribution in [0, 0.1) is 23.0 Å². The summed E-state index contributed by atoms with van der Waals surface area (Å²) in [6, 6.07) is 5.70. The quantitative estimate of drug-likeness (QED) is 0.174. The van der Waals surface area contributed by atoms with Crippen molar-refractivity contribution in [3.63, 3.8) is 0 Å². The van der Waals surface area contributed by atoms with Gasteiger partial charge >= 0.3 is 12.2 Å². The third-order valence-corrected chi connectivity index (χ3v) is 10.3. The largest absolute Gasteiger partial charge is 0.490 e. The summed E-state index contributed by atoms with van der Waals surface area (Å²) in [5, 5.41) is 9.07. The van der Waals surface area contributed by atoms with Gasteiger partial charge in [0.05, 0.1) is 34.6 Å². The number of nitrogens with two attached hydrogens (primary N) is 2. The normalized spacial score (nSPS) is 17.9. The minimum absolute atomic E-state index is 0.0273. The fourth-order valence-corrected chi connectivity index (χ4v) is 7.75. The summed E-state index contributed by atoms with van der Waals surface area (Å²) in [5.41, 5.74) is 9.42. The van der Waals surface area contributed by atoms with Crippen LogP contribution in [0.1, 0.15) is 36.1 Å². The molecule has 1 unspecified atom stereocenters. The lowest BCUT2D eigenvalue weighted by molar-refractivity contribution is -0.138. The molecule has 5 aromatic rings. The van der Waals surface area contributed by atoms with E-state index in [-0.39, 0.29) is 69.5 Å². The Kier molecular flexibility index (Phi) is 8.54. The van der Waals surface area contributed by atoms with Gasteiger partial charge in [-0.05, 0) is 43.7 Å². The molecule has 1 saturated heterocycles. The van der Waals surface area contributed by atoms with Crippen molar-refractivity contribution >= 4 is 49.0 Å². The lowest BCUT2D eigenvalue weighted by Gasteiger charge is -2.30. The molecule has 0 saturated carbocycles. The number of hydrogen-bond donors (Lipinski definition) is 2. The number of alkyl halides is 3. The summed E-state index contributed by atoms with van der Waals surface area (Å²) >= 11 is 0.660. The number of nitrogen functional groups attached to an aromatic ring is 2. The molecule has 0 spiro atoms. The maximum Gasteiger partial charge on any atom is 0.420 e. The van der Waals surface area contributed by atoms with Crippen LogP contribution >= 0.6 is 11.3 Å². The number of thiophene rings is 1. The van der Waals surface area contributed by atoms with E-state index in [1.165, 1.54) is 6.20 Å². The summed E-state index contributed by atoms with van der Waals surface area (Å²) in [6.45, 7) is 1.70. The van der Waals surface area contributed by atoms with Crippen molar-refractivity contribution < 1.29 is 35.8 Å². The van der Waals surface area contributed by atoms with E-state index in [0.717, 1.165) is 12.1 Å². The maximum atomic E-state index is 17.3. The van der Waals surface area contributed by atoms with Crippen molar-refractivity contribution in [2.45, 2.75) is 31.6 Å². The summed E-state index contributed by atoms with van der Waals surface area (Å²) in [6.07, 6.45) is -2.87. The summed E-state index contributed by atoms with van der Waals surface area (Å²) in [5.74, 6) is -3.00. The number of benzene rings is 2. The Balaban J connectivity index is 1.53. The van der Waals surface area contributed by atoms with Crippen molar-refractivity contribution in [1.82, 2.24) is 19.9 Å². The molecule has 3 aromatic heterocycles. The van der Waals surface area contributed by atoms with Crippen LogP contribution in [-0.4, -0.2) is 59.2 Å². The molecule has 2 aliphatic heterocycles. The molecule has 0 radical (unpaired) electrons. The predicted octanol–water partition coefficient (Wildman–Crippen LogP) is 7.14. The van der Waals surface area contributed by atoms with Gasteiger partial charge in [-0.2, -0.15) is 28.4 Å². The SMILES string of the molecule is C[C@H](c1cccnc1N)N1CCOc2c(C(F)(F)F)c(-c3ccc(F)c4sc(N)c(C#N)c34)c(F)c3nc(OCC4C/C(=C/F)CN4C)nc1c23. The van der Waals surface area contributed by atoms with E-state index in [4.69, 9.17) is 20.9 Å². The first-order chi connectivity index (χ1) is 24.3. The van der Waals surface area contributed by atoms with E-state index in [2.05, 4.69) is 15.0 Å². The first kappa shape index (κ1) is 34.1. The monoisotopic (exact) mass is 726 g/mol. The number of nitriles is 1. The van der Waals surface area contributed by atoms with Crippen molar-refractivity contribution in [2.75, 3.05) is 49.7 Å². The number of likely N-dealkylation sites (N-methyl/N-ethyl adjacent to an activating group) is 1. The number of anilines is 3. The smallest absolute Gasteiger partial charge is 0.420 e. The predicted molar refractivity (Wildman–Crippen MR) is 180 cm³/mol. The number of nitrogens with zero attached hydrogens (tertiary/aromatic N) is 6. The van der Waals surface area contributed by atoms with Gasteiger partial charge in [-0.15, -0.1) is 11.3 Å². The van der Waals surface area contributed by atoms with E-state index in [1.807, 2.05) is 11.0 Å². The minimum atomic E-state index is -5.23. The van der Waals surface area contributed by atoms with Crippen molar-refractivity contribution in [3.05, 3.63) is 70.7 Å². The third kappa shape index (κ3) is 5.68. The molecule has 2 aliphatic rings. The van der Waals surface area contributed by atoms with Gasteiger partial charge < -0.3 is 25.8 Å². The number of likely N-dealkylation sites (tertiary alicyclic amines) is 1. The highest BCUT2D eigenvalue weighted by molar-refractivity contribution is 7.23. The lowest BCUT2D eigenvalue weighted by atomic mass is 9.91. The van der Waals surface area contributed by atoms with Crippen molar-refractivity contribution in [3.8, 4) is 29.0 Å². The molecule has 2 aromatic carbocycles. The second-order valence-corrected chi connectivity index (χ2v) is 13.3. The number of ether oxygens (including phenoxy) is 2. The Labute approximate surface area is 290 Å². The maximum absolute atomic E-state index is 17.3. The molecule has 0 bridgehead atoms. The fourth-order valence-electron chi connectivity index (χ4n) is 6.80. The molecule has 10 nitrogen and oxygen atoms in total. The highest BCUT2D eigenvalue weighted by Crippen LogP contribution is 2.53. The van der Waals surface area contributed by atoms with Gasteiger partial charge in [-0.1, -0.05) is 12.1 Å². The average molecular weight is 727 g/mol. The second-order valence-electron chi connectivity index (χ2n) is 12.2. The number of fused-ring (bicyclic) bond motifs is 1. The van der Waals surface area contributed by atoms with Crippen LogP contribution in [0.4, 0.5) is 43.0 Å². The van der Waals surface area contributed by atoms with Gasteiger partial charge in [-0.3, -0.25) is 4.90 Å². The van der Waals surface area contributed by atoms with E-state index >= 15 is 22.0 Å². The van der Waals surface area contributed by atoms with Crippen LogP contribution in [0.2, 0.25) is 0 Å². The Hall–Kier alpha value is -5.34. The van der Waals surface area contributed by atoms with Gasteiger partial charge in [-0.25, -0.2) is 18.2 Å². The summed E-state index contributed by atoms with van der Waals surface area (Å²) in [4.78, 5) is 16.4. The Morgan fingerprint density at radius 1 is 1.20 bits per heavy atom. The molecule has 0 aliphatic carbocycles. The molecular formula is C34H28F6N8O2S. The molecule has 17 heteroatoms. The highest BCUT2D eigenvalue weighted by Gasteiger charge is 2.44. The number of pyridine rings is 1. The fraction of sp³-hybridized carbons (Fsp3) is 0.294. The summed E-state index contributed by atoms with van der Waals surface area (Å²) in [7, 11) is 1.77. The van der Waals surface area contributed by atoms with Crippen LogP contribution in [-0.2, 0) is 6.18 Å². The molecule has 2 atom stereocenters. The standard InChI is InChI=1S/C34H28F6N8O2S/c1-15(18-4-3-7-44-30(18)42)48-8-9-49-28-24-27(45-33(46-32(24)48)50-14-17-10-16(11-35)13-47(17)2)26(37)23(25(28)34(38,39)40)19-5-6-21(36)29-22(19)20(12-41)31(43)51-29/h3-7,11,15,17H,8-10,13-14,43H2,1-2H3,(H2,42,44)/b16-11-/t15-,17?/m1/s1. The van der Waals surface area contributed by atoms with Gasteiger partial charge in [0.2, 0.25) is 0 Å². The van der Waals surface area contributed by atoms with E-state index in [0.29, 0.717) is 41.8 Å². The van der Waals surface area contributed by atoms with Gasteiger partial charge in [0.15, 0.2) is 5.82 Å². The zero-order valence-electron chi connectivity index (χ0n) is 27.0. The molecule has 51 heavy (non-hydrogen) atoms. The molecule has 1 fully saturated rings. The minimum Gasteiger partial charge on any atom is -0.490 e. The van der Waals surface area contributed by atoms with E-state index in [9.17, 15) is 9.65 Å². The van der Waals surface area contributed by atoms with E-state index < -0.39 is 51.8 Å². The van der Waals surface area contributed by atoms with Crippen molar-refractivity contribution in [1.29, 1.82) is 5.26 Å².